The number of piperidine rings is 1. The maximum atomic E-state index is 12.7. The third kappa shape index (κ3) is 4.80. The number of fused-ring (bicyclic) bond motifs is 1. The SMILES string of the molecule is CN(C)CCc1ccc(NC(=O)C2CCN(C3=NS(=O)(=O)c4ccccc43)CC2)cc1. The first kappa shape index (κ1) is 21.5. The predicted molar refractivity (Wildman–Crippen MR) is 122 cm³/mol. The number of hydrogen-bond donors (Lipinski definition) is 1. The Hall–Kier alpha value is -2.71. The fourth-order valence-electron chi connectivity index (χ4n) is 4.02. The van der Waals surface area contributed by atoms with Gasteiger partial charge in [0.05, 0.1) is 0 Å². The largest absolute Gasteiger partial charge is 0.355 e. The fourth-order valence-corrected chi connectivity index (χ4v) is 5.25. The van der Waals surface area contributed by atoms with E-state index in [2.05, 4.69) is 40.8 Å². The highest BCUT2D eigenvalue weighted by atomic mass is 32.2. The van der Waals surface area contributed by atoms with Crippen LogP contribution < -0.4 is 5.32 Å². The first-order chi connectivity index (χ1) is 14.8. The van der Waals surface area contributed by atoms with Crippen LogP contribution in [0.5, 0.6) is 0 Å². The van der Waals surface area contributed by atoms with E-state index < -0.39 is 10.0 Å². The molecule has 2 heterocycles. The molecule has 0 atom stereocenters. The quantitative estimate of drug-likeness (QED) is 0.773. The maximum Gasteiger partial charge on any atom is 0.285 e. The average Bonchev–Trinajstić information content (AvgIpc) is 3.04. The van der Waals surface area contributed by atoms with Crippen LogP contribution in [0.2, 0.25) is 0 Å². The smallest absolute Gasteiger partial charge is 0.285 e. The Bertz CT molecular complexity index is 1090. The zero-order valence-electron chi connectivity index (χ0n) is 17.9. The molecule has 0 radical (unpaired) electrons. The maximum absolute atomic E-state index is 12.7. The van der Waals surface area contributed by atoms with Gasteiger partial charge < -0.3 is 15.1 Å². The molecule has 2 aromatic carbocycles. The highest BCUT2D eigenvalue weighted by Gasteiger charge is 2.34. The summed E-state index contributed by atoms with van der Waals surface area (Å²) in [6.07, 6.45) is 2.30. The third-order valence-corrected chi connectivity index (χ3v) is 7.17. The summed E-state index contributed by atoms with van der Waals surface area (Å²) in [5.41, 5.74) is 2.70. The van der Waals surface area contributed by atoms with Gasteiger partial charge in [-0.2, -0.15) is 8.42 Å². The van der Waals surface area contributed by atoms with E-state index in [0.717, 1.165) is 18.7 Å². The molecule has 0 saturated carbocycles. The molecule has 31 heavy (non-hydrogen) atoms. The molecular weight excluding hydrogens is 412 g/mol. The average molecular weight is 441 g/mol. The number of nitrogens with zero attached hydrogens (tertiary/aromatic N) is 3. The Kier molecular flexibility index (Phi) is 6.11. The van der Waals surface area contributed by atoms with Gasteiger partial charge in [0.2, 0.25) is 5.91 Å². The number of rotatable bonds is 5. The number of likely N-dealkylation sites (tertiary alicyclic amines) is 1. The lowest BCUT2D eigenvalue weighted by Crippen LogP contribution is -2.41. The molecule has 0 aliphatic carbocycles. The molecule has 8 heteroatoms. The molecule has 0 unspecified atom stereocenters. The van der Waals surface area contributed by atoms with Crippen LogP contribution in [0.25, 0.3) is 0 Å². The van der Waals surface area contributed by atoms with Gasteiger partial charge in [-0.1, -0.05) is 24.3 Å². The second-order valence-electron chi connectivity index (χ2n) is 8.39. The lowest BCUT2D eigenvalue weighted by atomic mass is 9.95. The molecule has 1 N–H and O–H groups in total. The molecule has 164 valence electrons. The standard InChI is InChI=1S/C23H28N4O3S/c1-26(2)14-11-17-7-9-19(10-8-17)24-23(28)18-12-15-27(16-13-18)22-20-5-3-4-6-21(20)31(29,30)25-22/h3-10,18H,11-16H2,1-2H3,(H,24,28). The Morgan fingerprint density at radius 3 is 2.45 bits per heavy atom. The summed E-state index contributed by atoms with van der Waals surface area (Å²) >= 11 is 0. The van der Waals surface area contributed by atoms with Crippen molar-refractivity contribution in [2.75, 3.05) is 39.0 Å². The van der Waals surface area contributed by atoms with Crippen molar-refractivity contribution in [1.29, 1.82) is 0 Å². The van der Waals surface area contributed by atoms with Crippen molar-refractivity contribution >= 4 is 27.5 Å². The van der Waals surface area contributed by atoms with Crippen LogP contribution in [0, 0.1) is 5.92 Å². The lowest BCUT2D eigenvalue weighted by molar-refractivity contribution is -0.120. The zero-order valence-corrected chi connectivity index (χ0v) is 18.7. The van der Waals surface area contributed by atoms with Gasteiger partial charge in [0.15, 0.2) is 5.84 Å². The Balaban J connectivity index is 1.34. The summed E-state index contributed by atoms with van der Waals surface area (Å²) in [7, 11) is 0.482. The molecule has 4 rings (SSSR count). The van der Waals surface area contributed by atoms with Crippen molar-refractivity contribution in [1.82, 2.24) is 9.80 Å². The van der Waals surface area contributed by atoms with Gasteiger partial charge in [0, 0.05) is 36.8 Å². The van der Waals surface area contributed by atoms with Gasteiger partial charge in [0.25, 0.3) is 10.0 Å². The Morgan fingerprint density at radius 1 is 1.10 bits per heavy atom. The highest BCUT2D eigenvalue weighted by molar-refractivity contribution is 7.90. The van der Waals surface area contributed by atoms with E-state index in [9.17, 15) is 13.2 Å². The van der Waals surface area contributed by atoms with E-state index in [4.69, 9.17) is 0 Å². The molecule has 2 aliphatic heterocycles. The van der Waals surface area contributed by atoms with Gasteiger partial charge in [-0.3, -0.25) is 4.79 Å². The summed E-state index contributed by atoms with van der Waals surface area (Å²) in [5, 5.41) is 3.02. The molecule has 2 aliphatic rings. The summed E-state index contributed by atoms with van der Waals surface area (Å²) in [6.45, 7) is 2.19. The molecule has 0 bridgehead atoms. The van der Waals surface area contributed by atoms with Gasteiger partial charge >= 0.3 is 0 Å². The van der Waals surface area contributed by atoms with E-state index in [1.54, 1.807) is 18.2 Å². The Labute approximate surface area is 183 Å². The fraction of sp³-hybridized carbons (Fsp3) is 0.391. The van der Waals surface area contributed by atoms with Gasteiger partial charge in [-0.25, -0.2) is 0 Å². The molecule has 7 nitrogen and oxygen atoms in total. The van der Waals surface area contributed by atoms with Crippen LogP contribution in [0.15, 0.2) is 57.8 Å². The van der Waals surface area contributed by atoms with E-state index in [0.29, 0.717) is 37.3 Å². The molecule has 0 spiro atoms. The van der Waals surface area contributed by atoms with Crippen molar-refractivity contribution in [2.24, 2.45) is 10.3 Å². The summed E-state index contributed by atoms with van der Waals surface area (Å²) < 4.78 is 28.6. The summed E-state index contributed by atoms with van der Waals surface area (Å²) in [5.74, 6) is 0.420. The first-order valence-electron chi connectivity index (χ1n) is 10.6. The van der Waals surface area contributed by atoms with E-state index >= 15 is 0 Å². The Morgan fingerprint density at radius 2 is 1.77 bits per heavy atom. The minimum Gasteiger partial charge on any atom is -0.355 e. The lowest BCUT2D eigenvalue weighted by Gasteiger charge is -2.32. The number of amidine groups is 1. The number of carbonyl (C=O) groups is 1. The van der Waals surface area contributed by atoms with Crippen LogP contribution >= 0.6 is 0 Å². The van der Waals surface area contributed by atoms with Crippen LogP contribution in [0.4, 0.5) is 5.69 Å². The van der Waals surface area contributed by atoms with Crippen molar-refractivity contribution in [3.63, 3.8) is 0 Å². The summed E-state index contributed by atoms with van der Waals surface area (Å²) in [6, 6.07) is 14.9. The second-order valence-corrected chi connectivity index (χ2v) is 9.96. The zero-order chi connectivity index (χ0) is 22.0. The van der Waals surface area contributed by atoms with Crippen LogP contribution in [0.1, 0.15) is 24.0 Å². The van der Waals surface area contributed by atoms with Crippen molar-refractivity contribution in [3.8, 4) is 0 Å². The third-order valence-electron chi connectivity index (χ3n) is 5.85. The van der Waals surface area contributed by atoms with Crippen molar-refractivity contribution < 1.29 is 13.2 Å². The molecule has 1 amide bonds. The number of anilines is 1. The van der Waals surface area contributed by atoms with Crippen molar-refractivity contribution in [3.05, 3.63) is 59.7 Å². The van der Waals surface area contributed by atoms with Crippen molar-refractivity contribution in [2.45, 2.75) is 24.2 Å². The number of carbonyl (C=O) groups excluding carboxylic acids is 1. The minimum absolute atomic E-state index is 0.0158. The monoisotopic (exact) mass is 440 g/mol. The second kappa shape index (κ2) is 8.80. The summed E-state index contributed by atoms with van der Waals surface area (Å²) in [4.78, 5) is 17.1. The van der Waals surface area contributed by atoms with E-state index in [1.165, 1.54) is 5.56 Å². The normalized spacial score (nSPS) is 18.0. The number of amides is 1. The van der Waals surface area contributed by atoms with E-state index in [1.807, 2.05) is 23.1 Å². The predicted octanol–water partition coefficient (Wildman–Crippen LogP) is 2.59. The number of benzene rings is 2. The van der Waals surface area contributed by atoms with Crippen LogP contribution in [0.3, 0.4) is 0 Å². The van der Waals surface area contributed by atoms with Crippen LogP contribution in [-0.2, 0) is 21.2 Å². The first-order valence-corrected chi connectivity index (χ1v) is 12.0. The van der Waals surface area contributed by atoms with E-state index in [-0.39, 0.29) is 16.7 Å². The minimum atomic E-state index is -3.62. The molecule has 1 saturated heterocycles. The molecule has 1 fully saturated rings. The molecular formula is C23H28N4O3S. The molecule has 0 aromatic heterocycles. The number of sulfonamides is 1. The number of likely N-dealkylation sites (N-methyl/N-ethyl adjacent to an activating group) is 1. The molecule has 2 aromatic rings. The highest BCUT2D eigenvalue weighted by Crippen LogP contribution is 2.30. The van der Waals surface area contributed by atoms with Gasteiger partial charge in [-0.05, 0) is 63.2 Å². The van der Waals surface area contributed by atoms with Gasteiger partial charge in [-0.15, -0.1) is 4.40 Å². The van der Waals surface area contributed by atoms with Crippen LogP contribution in [-0.4, -0.2) is 63.7 Å². The van der Waals surface area contributed by atoms with Gasteiger partial charge in [0.1, 0.15) is 4.90 Å². The number of hydrogen-bond acceptors (Lipinski definition) is 5. The topological polar surface area (TPSA) is 82.1 Å². The number of nitrogens with one attached hydrogen (secondary N) is 1.